The number of amides is 2. The molecule has 2 aliphatic carbocycles. The van der Waals surface area contributed by atoms with Gasteiger partial charge in [-0.25, -0.2) is 9.97 Å². The first-order valence-electron chi connectivity index (χ1n) is 16.7. The number of carbonyl (C=O) groups excluding carboxylic acids is 2. The number of oxazole rings is 1. The second kappa shape index (κ2) is 14.1. The number of fused-ring (bicyclic) bond motifs is 1. The standard InChI is InChI=1S/C34H42ClN7O5/c35-32-28-8-9-40(18-23(28)6-7-29(32)46-20-27-17-36-21-47-27)19-26(43)16-37-33(44)24-14-30(38-25-2-1-3-25)39-31(15-24)41-10-12-42(13-11-41)34(45)22-4-5-22/h6-7,14-15,17,21-22,25-26,43H,1-5,8-13,16,18-20H2,(H,37,44)(H,38,39)/t26-/m0/s1. The molecule has 2 saturated carbocycles. The zero-order valence-corrected chi connectivity index (χ0v) is 27.3. The van der Waals surface area contributed by atoms with Gasteiger partial charge in [-0.1, -0.05) is 17.7 Å². The Morgan fingerprint density at radius 3 is 2.66 bits per heavy atom. The minimum atomic E-state index is -0.744. The van der Waals surface area contributed by atoms with E-state index in [4.69, 9.17) is 25.7 Å². The van der Waals surface area contributed by atoms with Crippen LogP contribution in [0.1, 0.15) is 59.3 Å². The summed E-state index contributed by atoms with van der Waals surface area (Å²) in [6.07, 6.45) is 8.35. The number of aliphatic hydroxyl groups excluding tert-OH is 1. The van der Waals surface area contributed by atoms with Gasteiger partial charge < -0.3 is 34.7 Å². The van der Waals surface area contributed by atoms with E-state index in [1.165, 1.54) is 12.8 Å². The van der Waals surface area contributed by atoms with Crippen molar-refractivity contribution in [2.75, 3.05) is 56.0 Å². The lowest BCUT2D eigenvalue weighted by atomic mass is 9.93. The maximum atomic E-state index is 13.4. The van der Waals surface area contributed by atoms with Crippen molar-refractivity contribution in [3.8, 4) is 5.75 Å². The molecule has 4 aliphatic rings. The Kier molecular flexibility index (Phi) is 9.51. The Morgan fingerprint density at radius 2 is 1.94 bits per heavy atom. The van der Waals surface area contributed by atoms with Gasteiger partial charge in [-0.3, -0.25) is 14.5 Å². The number of nitrogens with one attached hydrogen (secondary N) is 2. The summed E-state index contributed by atoms with van der Waals surface area (Å²) in [4.78, 5) is 41.0. The van der Waals surface area contributed by atoms with E-state index in [1.54, 1.807) is 12.3 Å². The predicted octanol–water partition coefficient (Wildman–Crippen LogP) is 3.47. The highest BCUT2D eigenvalue weighted by atomic mass is 35.5. The Hall–Kier alpha value is -3.87. The molecule has 0 spiro atoms. The number of aliphatic hydroxyl groups is 1. The van der Waals surface area contributed by atoms with E-state index in [9.17, 15) is 14.7 Å². The number of carbonyl (C=O) groups is 2. The van der Waals surface area contributed by atoms with Gasteiger partial charge >= 0.3 is 0 Å². The van der Waals surface area contributed by atoms with Gasteiger partial charge in [0.1, 0.15) is 24.0 Å². The number of piperazine rings is 1. The molecule has 0 unspecified atom stereocenters. The Labute approximate surface area is 279 Å². The van der Waals surface area contributed by atoms with Crippen LogP contribution in [0.5, 0.6) is 5.75 Å². The quantitative estimate of drug-likeness (QED) is 0.264. The lowest BCUT2D eigenvalue weighted by Crippen LogP contribution is -2.49. The monoisotopic (exact) mass is 663 g/mol. The molecule has 3 fully saturated rings. The maximum absolute atomic E-state index is 13.4. The third-order valence-corrected chi connectivity index (χ3v) is 9.98. The summed E-state index contributed by atoms with van der Waals surface area (Å²) in [6, 6.07) is 7.86. The molecule has 47 heavy (non-hydrogen) atoms. The Balaban J connectivity index is 0.933. The molecule has 4 heterocycles. The van der Waals surface area contributed by atoms with Crippen LogP contribution in [-0.4, -0.2) is 94.6 Å². The fraction of sp³-hybridized carbons (Fsp3) is 0.529. The van der Waals surface area contributed by atoms with Crippen molar-refractivity contribution in [2.24, 2.45) is 5.92 Å². The number of nitrogens with zero attached hydrogens (tertiary/aromatic N) is 5. The first-order valence-corrected chi connectivity index (χ1v) is 17.1. The normalized spacial score (nSPS) is 19.1. The third kappa shape index (κ3) is 7.66. The van der Waals surface area contributed by atoms with Gasteiger partial charge in [0.25, 0.3) is 5.91 Å². The molecule has 1 saturated heterocycles. The highest BCUT2D eigenvalue weighted by Crippen LogP contribution is 2.35. The van der Waals surface area contributed by atoms with Crippen LogP contribution < -0.4 is 20.3 Å². The number of β-amino-alcohol motifs (C(OH)–C–C–N with tert-alkyl or cyclic N) is 1. The molecule has 7 rings (SSSR count). The van der Waals surface area contributed by atoms with Gasteiger partial charge in [0, 0.05) is 69.9 Å². The summed E-state index contributed by atoms with van der Waals surface area (Å²) in [6.45, 7) is 4.86. The molecule has 2 aliphatic heterocycles. The van der Waals surface area contributed by atoms with Crippen molar-refractivity contribution >= 4 is 35.1 Å². The molecule has 2 aromatic heterocycles. The molecule has 3 N–H and O–H groups in total. The number of rotatable bonds is 12. The molecular formula is C34H42ClN7O5. The number of hydrogen-bond donors (Lipinski definition) is 3. The molecular weight excluding hydrogens is 622 g/mol. The van der Waals surface area contributed by atoms with Crippen molar-refractivity contribution in [3.63, 3.8) is 0 Å². The zero-order chi connectivity index (χ0) is 32.3. The summed E-state index contributed by atoms with van der Waals surface area (Å²) < 4.78 is 11.1. The smallest absolute Gasteiger partial charge is 0.251 e. The van der Waals surface area contributed by atoms with Gasteiger partial charge in [-0.15, -0.1) is 0 Å². The molecule has 12 nitrogen and oxygen atoms in total. The SMILES string of the molecule is O=C(NC[C@H](O)CN1CCc2c(ccc(OCc3cnco3)c2Cl)C1)c1cc(NC2CCC2)nc(N2CCN(C(=O)C3CC3)CC2)c1. The molecule has 1 aromatic carbocycles. The average Bonchev–Trinajstić information content (AvgIpc) is 3.79. The first-order chi connectivity index (χ1) is 22.9. The largest absolute Gasteiger partial charge is 0.484 e. The van der Waals surface area contributed by atoms with Crippen LogP contribution in [-0.2, 0) is 24.4 Å². The van der Waals surface area contributed by atoms with Crippen LogP contribution in [0.4, 0.5) is 11.6 Å². The number of pyridine rings is 1. The topological polar surface area (TPSA) is 136 Å². The average molecular weight is 664 g/mol. The van der Waals surface area contributed by atoms with E-state index in [0.29, 0.717) is 73.2 Å². The number of ether oxygens (including phenoxy) is 1. The fourth-order valence-corrected chi connectivity index (χ4v) is 6.78. The molecule has 0 bridgehead atoms. The van der Waals surface area contributed by atoms with E-state index in [-0.39, 0.29) is 30.9 Å². The van der Waals surface area contributed by atoms with Crippen molar-refractivity contribution in [1.82, 2.24) is 25.1 Å². The zero-order valence-electron chi connectivity index (χ0n) is 26.5. The Morgan fingerprint density at radius 1 is 1.11 bits per heavy atom. The second-order valence-electron chi connectivity index (χ2n) is 13.1. The van der Waals surface area contributed by atoms with Gasteiger partial charge in [-0.2, -0.15) is 0 Å². The minimum Gasteiger partial charge on any atom is -0.484 e. The third-order valence-electron chi connectivity index (χ3n) is 9.57. The Bertz CT molecular complexity index is 1570. The van der Waals surface area contributed by atoms with Crippen molar-refractivity contribution in [2.45, 2.75) is 63.8 Å². The molecule has 1 atom stereocenters. The predicted molar refractivity (Wildman–Crippen MR) is 177 cm³/mol. The highest BCUT2D eigenvalue weighted by molar-refractivity contribution is 6.33. The van der Waals surface area contributed by atoms with Crippen molar-refractivity contribution < 1.29 is 23.8 Å². The summed E-state index contributed by atoms with van der Waals surface area (Å²) in [5.74, 6) is 2.89. The molecule has 0 radical (unpaired) electrons. The fourth-order valence-electron chi connectivity index (χ4n) is 6.44. The number of benzene rings is 1. The van der Waals surface area contributed by atoms with E-state index in [2.05, 4.69) is 25.4 Å². The van der Waals surface area contributed by atoms with E-state index >= 15 is 0 Å². The van der Waals surface area contributed by atoms with E-state index in [0.717, 1.165) is 55.6 Å². The summed E-state index contributed by atoms with van der Waals surface area (Å²) in [7, 11) is 0. The molecule has 13 heteroatoms. The van der Waals surface area contributed by atoms with Crippen LogP contribution in [0.25, 0.3) is 0 Å². The number of anilines is 2. The van der Waals surface area contributed by atoms with Crippen LogP contribution in [0, 0.1) is 5.92 Å². The van der Waals surface area contributed by atoms with Crippen LogP contribution in [0.2, 0.25) is 5.02 Å². The van der Waals surface area contributed by atoms with Gasteiger partial charge in [0.05, 0.1) is 17.3 Å². The van der Waals surface area contributed by atoms with Gasteiger partial charge in [0.2, 0.25) is 5.91 Å². The number of halogens is 1. The number of aromatic nitrogens is 2. The van der Waals surface area contributed by atoms with Gasteiger partial charge in [-0.05, 0) is 67.9 Å². The van der Waals surface area contributed by atoms with Crippen LogP contribution in [0.3, 0.4) is 0 Å². The summed E-state index contributed by atoms with van der Waals surface area (Å²) in [5.41, 5.74) is 2.65. The van der Waals surface area contributed by atoms with Crippen LogP contribution in [0.15, 0.2) is 41.3 Å². The number of hydrogen-bond acceptors (Lipinski definition) is 10. The van der Waals surface area contributed by atoms with E-state index in [1.807, 2.05) is 23.1 Å². The maximum Gasteiger partial charge on any atom is 0.251 e. The highest BCUT2D eigenvalue weighted by Gasteiger charge is 2.35. The van der Waals surface area contributed by atoms with Crippen molar-refractivity contribution in [3.05, 3.63) is 64.3 Å². The van der Waals surface area contributed by atoms with E-state index < -0.39 is 6.10 Å². The van der Waals surface area contributed by atoms with Gasteiger partial charge in [0.15, 0.2) is 12.2 Å². The molecule has 3 aromatic rings. The summed E-state index contributed by atoms with van der Waals surface area (Å²) >= 11 is 6.69. The first kappa shape index (κ1) is 31.7. The van der Waals surface area contributed by atoms with Crippen LogP contribution >= 0.6 is 11.6 Å². The molecule has 250 valence electrons. The summed E-state index contributed by atoms with van der Waals surface area (Å²) in [5, 5.41) is 17.9. The lowest BCUT2D eigenvalue weighted by Gasteiger charge is -2.36. The minimum absolute atomic E-state index is 0.127. The second-order valence-corrected chi connectivity index (χ2v) is 13.5. The molecule has 2 amide bonds. The van der Waals surface area contributed by atoms with Crippen molar-refractivity contribution in [1.29, 1.82) is 0 Å². The lowest BCUT2D eigenvalue weighted by molar-refractivity contribution is -0.132.